The Morgan fingerprint density at radius 3 is 2.73 bits per heavy atom. The average molecular weight is 391 g/mol. The van der Waals surface area contributed by atoms with Gasteiger partial charge in [0.1, 0.15) is 0 Å². The summed E-state index contributed by atoms with van der Waals surface area (Å²) in [6.07, 6.45) is 3.69. The maximum absolute atomic E-state index is 12.9. The Balaban J connectivity index is 1.72. The van der Waals surface area contributed by atoms with E-state index in [9.17, 15) is 4.79 Å². The van der Waals surface area contributed by atoms with Crippen LogP contribution in [-0.4, -0.2) is 39.4 Å². The second-order valence-electron chi connectivity index (χ2n) is 6.17. The number of carbonyl (C=O) groups excluding carboxylic acids is 1. The van der Waals surface area contributed by atoms with E-state index in [1.54, 1.807) is 11.0 Å². The van der Waals surface area contributed by atoms with Crippen LogP contribution in [-0.2, 0) is 6.42 Å². The van der Waals surface area contributed by atoms with Crippen LogP contribution in [0, 0.1) is 0 Å². The van der Waals surface area contributed by atoms with Crippen molar-refractivity contribution >= 4 is 40.0 Å². The molecule has 0 aliphatic carbocycles. The van der Waals surface area contributed by atoms with Gasteiger partial charge in [-0.25, -0.2) is 9.97 Å². The van der Waals surface area contributed by atoms with Crippen LogP contribution in [0.25, 0.3) is 10.9 Å². The molecule has 1 atom stereocenters. The highest BCUT2D eigenvalue weighted by atomic mass is 35.5. The second-order valence-corrected chi connectivity index (χ2v) is 6.96. The third kappa shape index (κ3) is 2.61. The van der Waals surface area contributed by atoms with Gasteiger partial charge in [-0.1, -0.05) is 29.3 Å². The van der Waals surface area contributed by atoms with Crippen molar-refractivity contribution in [3.05, 3.63) is 51.7 Å². The molecule has 1 aliphatic rings. The van der Waals surface area contributed by atoms with Crippen LogP contribution in [0.2, 0.25) is 10.0 Å². The molecule has 26 heavy (non-hydrogen) atoms. The van der Waals surface area contributed by atoms with Crippen molar-refractivity contribution in [1.82, 2.24) is 19.9 Å². The van der Waals surface area contributed by atoms with Gasteiger partial charge in [0.2, 0.25) is 5.82 Å². The molecule has 0 saturated carbocycles. The van der Waals surface area contributed by atoms with Gasteiger partial charge in [0, 0.05) is 29.6 Å². The van der Waals surface area contributed by atoms with E-state index in [4.69, 9.17) is 27.9 Å². The van der Waals surface area contributed by atoms with Crippen molar-refractivity contribution in [2.24, 2.45) is 0 Å². The Hall–Kier alpha value is -2.31. The minimum Gasteiger partial charge on any atom is -0.494 e. The number of aromatic amines is 1. The number of ether oxygens (including phenoxy) is 1. The molecule has 3 aromatic rings. The van der Waals surface area contributed by atoms with E-state index in [2.05, 4.69) is 15.0 Å². The fourth-order valence-electron chi connectivity index (χ4n) is 3.47. The molecule has 0 unspecified atom stereocenters. The van der Waals surface area contributed by atoms with Gasteiger partial charge in [0.05, 0.1) is 41.1 Å². The van der Waals surface area contributed by atoms with Crippen molar-refractivity contribution in [3.8, 4) is 5.75 Å². The summed E-state index contributed by atoms with van der Waals surface area (Å²) in [6, 6.07) is 3.58. The third-order valence-electron chi connectivity index (χ3n) is 4.79. The fraction of sp³-hybridized carbons (Fsp3) is 0.278. The fourth-order valence-corrected chi connectivity index (χ4v) is 3.84. The summed E-state index contributed by atoms with van der Waals surface area (Å²) in [7, 11) is 1.53. The Morgan fingerprint density at radius 2 is 2.04 bits per heavy atom. The summed E-state index contributed by atoms with van der Waals surface area (Å²) in [4.78, 5) is 26.3. The lowest BCUT2D eigenvalue weighted by Gasteiger charge is -2.33. The predicted octanol–water partition coefficient (Wildman–Crippen LogP) is 4.03. The van der Waals surface area contributed by atoms with Gasteiger partial charge in [0.15, 0.2) is 5.75 Å². The summed E-state index contributed by atoms with van der Waals surface area (Å²) < 4.78 is 5.04. The summed E-state index contributed by atoms with van der Waals surface area (Å²) >= 11 is 12.5. The number of methoxy groups -OCH3 is 1. The molecule has 0 saturated heterocycles. The van der Waals surface area contributed by atoms with E-state index in [1.807, 2.05) is 13.0 Å². The van der Waals surface area contributed by atoms with Gasteiger partial charge in [0.25, 0.3) is 5.91 Å². The van der Waals surface area contributed by atoms with Crippen molar-refractivity contribution in [2.75, 3.05) is 13.7 Å². The number of aromatic nitrogens is 3. The number of benzene rings is 1. The maximum Gasteiger partial charge on any atom is 0.292 e. The van der Waals surface area contributed by atoms with Crippen LogP contribution >= 0.6 is 23.2 Å². The number of H-pyrrole nitrogens is 1. The molecular weight excluding hydrogens is 375 g/mol. The largest absolute Gasteiger partial charge is 0.494 e. The van der Waals surface area contributed by atoms with Crippen LogP contribution < -0.4 is 4.74 Å². The molecule has 4 rings (SSSR count). The predicted molar refractivity (Wildman–Crippen MR) is 100 cm³/mol. The molecule has 0 radical (unpaired) electrons. The number of amides is 1. The highest BCUT2D eigenvalue weighted by Gasteiger charge is 2.32. The maximum atomic E-state index is 12.9. The summed E-state index contributed by atoms with van der Waals surface area (Å²) in [5.74, 6) is 0.459. The van der Waals surface area contributed by atoms with E-state index < -0.39 is 0 Å². The highest BCUT2D eigenvalue weighted by molar-refractivity contribution is 6.45. The molecule has 0 fully saturated rings. The SMILES string of the molecule is COc1cnc(C(=O)N2CCc3[nH]c4c(Cl)c(Cl)ccc4c3[C@H]2C)nc1. The first-order chi connectivity index (χ1) is 12.5. The molecule has 1 aromatic carbocycles. The van der Waals surface area contributed by atoms with Gasteiger partial charge in [-0.3, -0.25) is 4.79 Å². The Kier molecular flexibility index (Phi) is 4.25. The number of hydrogen-bond acceptors (Lipinski definition) is 4. The molecule has 8 heteroatoms. The van der Waals surface area contributed by atoms with E-state index in [1.165, 1.54) is 19.5 Å². The van der Waals surface area contributed by atoms with Crippen LogP contribution in [0.3, 0.4) is 0 Å². The summed E-state index contributed by atoms with van der Waals surface area (Å²) in [6.45, 7) is 2.57. The number of nitrogens with one attached hydrogen (secondary N) is 1. The van der Waals surface area contributed by atoms with Gasteiger partial charge in [-0.2, -0.15) is 0 Å². The first-order valence-corrected chi connectivity index (χ1v) is 8.92. The normalized spacial score (nSPS) is 16.6. The number of fused-ring (bicyclic) bond motifs is 3. The smallest absolute Gasteiger partial charge is 0.292 e. The topological polar surface area (TPSA) is 71.1 Å². The number of halogens is 2. The van der Waals surface area contributed by atoms with Gasteiger partial charge in [-0.05, 0) is 13.0 Å². The lowest BCUT2D eigenvalue weighted by atomic mass is 9.97. The molecule has 1 amide bonds. The Morgan fingerprint density at radius 1 is 1.31 bits per heavy atom. The first-order valence-electron chi connectivity index (χ1n) is 8.16. The number of nitrogens with zero attached hydrogens (tertiary/aromatic N) is 3. The van der Waals surface area contributed by atoms with Crippen molar-refractivity contribution in [1.29, 1.82) is 0 Å². The zero-order chi connectivity index (χ0) is 18.4. The van der Waals surface area contributed by atoms with E-state index in [-0.39, 0.29) is 17.8 Å². The number of rotatable bonds is 2. The Bertz CT molecular complexity index is 1000. The standard InChI is InChI=1S/C18H16Cl2N4O2/c1-9-14-11-3-4-12(19)15(20)16(11)23-13(14)5-6-24(9)18(25)17-21-7-10(26-2)8-22-17/h3-4,7-9,23H,5-6H2,1-2H3/t9-/m1/s1. The molecule has 1 aliphatic heterocycles. The van der Waals surface area contributed by atoms with Crippen LogP contribution in [0.4, 0.5) is 0 Å². The molecule has 0 spiro atoms. The van der Waals surface area contributed by atoms with Crippen molar-refractivity contribution < 1.29 is 9.53 Å². The van der Waals surface area contributed by atoms with Crippen molar-refractivity contribution in [2.45, 2.75) is 19.4 Å². The van der Waals surface area contributed by atoms with Crippen LogP contribution in [0.5, 0.6) is 5.75 Å². The zero-order valence-electron chi connectivity index (χ0n) is 14.2. The molecule has 134 valence electrons. The second kappa shape index (κ2) is 6.45. The quantitative estimate of drug-likeness (QED) is 0.716. The van der Waals surface area contributed by atoms with E-state index in [0.717, 1.165) is 22.2 Å². The van der Waals surface area contributed by atoms with Crippen LogP contribution in [0.1, 0.15) is 34.8 Å². The lowest BCUT2D eigenvalue weighted by Crippen LogP contribution is -2.39. The lowest BCUT2D eigenvalue weighted by molar-refractivity contribution is 0.0665. The monoisotopic (exact) mass is 390 g/mol. The minimum atomic E-state index is -0.208. The van der Waals surface area contributed by atoms with E-state index in [0.29, 0.717) is 28.8 Å². The third-order valence-corrected chi connectivity index (χ3v) is 5.59. The number of carbonyl (C=O) groups is 1. The highest BCUT2D eigenvalue weighted by Crippen LogP contribution is 2.40. The first kappa shape index (κ1) is 17.1. The minimum absolute atomic E-state index is 0.136. The molecule has 0 bridgehead atoms. The molecular formula is C18H16Cl2N4O2. The Labute approximate surface area is 160 Å². The molecule has 3 heterocycles. The zero-order valence-corrected chi connectivity index (χ0v) is 15.7. The molecule has 6 nitrogen and oxygen atoms in total. The summed E-state index contributed by atoms with van der Waals surface area (Å²) in [5, 5.41) is 1.99. The van der Waals surface area contributed by atoms with Gasteiger partial charge in [-0.15, -0.1) is 0 Å². The molecule has 1 N–H and O–H groups in total. The van der Waals surface area contributed by atoms with Gasteiger partial charge < -0.3 is 14.6 Å². The van der Waals surface area contributed by atoms with E-state index >= 15 is 0 Å². The van der Waals surface area contributed by atoms with Crippen LogP contribution in [0.15, 0.2) is 24.5 Å². The summed E-state index contributed by atoms with van der Waals surface area (Å²) in [5.41, 5.74) is 2.95. The van der Waals surface area contributed by atoms with Gasteiger partial charge >= 0.3 is 0 Å². The molecule has 2 aromatic heterocycles. The number of hydrogen-bond donors (Lipinski definition) is 1. The van der Waals surface area contributed by atoms with Crippen molar-refractivity contribution in [3.63, 3.8) is 0 Å². The average Bonchev–Trinajstić information content (AvgIpc) is 3.05.